The second-order valence-electron chi connectivity index (χ2n) is 5.98. The Balaban J connectivity index is 1.83. The normalized spacial score (nSPS) is 14.8. The summed E-state index contributed by atoms with van der Waals surface area (Å²) in [6.45, 7) is 3.61. The number of sulfone groups is 1. The average molecular weight is 335 g/mol. The van der Waals surface area contributed by atoms with Crippen LogP contribution in [-0.2, 0) is 35.0 Å². The van der Waals surface area contributed by atoms with Crippen LogP contribution in [0.25, 0.3) is 0 Å². The van der Waals surface area contributed by atoms with Crippen LogP contribution in [-0.4, -0.2) is 31.4 Å². The summed E-state index contributed by atoms with van der Waals surface area (Å²) in [6.07, 6.45) is 4.31. The Kier molecular flexibility index (Phi) is 4.39. The zero-order valence-electron chi connectivity index (χ0n) is 13.4. The van der Waals surface area contributed by atoms with Crippen LogP contribution in [0.5, 0.6) is 0 Å². The summed E-state index contributed by atoms with van der Waals surface area (Å²) in [4.78, 5) is 6.48. The molecule has 2 aromatic rings. The van der Waals surface area contributed by atoms with Gasteiger partial charge < -0.3 is 9.42 Å². The van der Waals surface area contributed by atoms with E-state index < -0.39 is 9.84 Å². The Morgan fingerprint density at radius 3 is 2.91 bits per heavy atom. The molecule has 1 aliphatic rings. The van der Waals surface area contributed by atoms with Crippen molar-refractivity contribution in [2.45, 2.75) is 38.5 Å². The predicted molar refractivity (Wildman–Crippen MR) is 88.0 cm³/mol. The van der Waals surface area contributed by atoms with E-state index in [-0.39, 0.29) is 11.6 Å². The summed E-state index contributed by atoms with van der Waals surface area (Å²) in [5.74, 6) is 0.499. The van der Waals surface area contributed by atoms with E-state index in [0.29, 0.717) is 12.4 Å². The van der Waals surface area contributed by atoms with Crippen molar-refractivity contribution in [3.63, 3.8) is 0 Å². The van der Waals surface area contributed by atoms with Crippen molar-refractivity contribution >= 4 is 15.5 Å². The van der Waals surface area contributed by atoms with E-state index >= 15 is 0 Å². The number of aryl methyl sites for hydroxylation is 2. The first-order valence-electron chi connectivity index (χ1n) is 7.81. The SMILES string of the molecule is CCc1cccc2c1N(Cc1nc(CS(C)(=O)=O)no1)CCC2. The van der Waals surface area contributed by atoms with Gasteiger partial charge in [0.2, 0.25) is 5.89 Å². The molecule has 0 aliphatic carbocycles. The molecule has 2 heterocycles. The molecule has 0 spiro atoms. The lowest BCUT2D eigenvalue weighted by Gasteiger charge is -2.32. The monoisotopic (exact) mass is 335 g/mol. The Morgan fingerprint density at radius 1 is 1.35 bits per heavy atom. The van der Waals surface area contributed by atoms with Crippen LogP contribution >= 0.6 is 0 Å². The minimum absolute atomic E-state index is 0.187. The Hall–Kier alpha value is -1.89. The molecule has 1 aromatic heterocycles. The Bertz CT molecular complexity index is 784. The van der Waals surface area contributed by atoms with Gasteiger partial charge in [0, 0.05) is 18.5 Å². The van der Waals surface area contributed by atoms with Gasteiger partial charge in [-0.05, 0) is 30.4 Å². The Morgan fingerprint density at radius 2 is 2.17 bits per heavy atom. The van der Waals surface area contributed by atoms with E-state index in [1.807, 2.05) is 0 Å². The molecule has 124 valence electrons. The van der Waals surface area contributed by atoms with Gasteiger partial charge in [-0.15, -0.1) is 0 Å². The number of hydrogen-bond donors (Lipinski definition) is 0. The standard InChI is InChI=1S/C16H21N3O3S/c1-3-12-6-4-7-13-8-5-9-19(16(12)13)10-15-17-14(18-22-15)11-23(2,20)21/h4,6-7H,3,5,8-11H2,1-2H3. The number of fused-ring (bicyclic) bond motifs is 1. The molecular formula is C16H21N3O3S. The van der Waals surface area contributed by atoms with Gasteiger partial charge >= 0.3 is 0 Å². The molecule has 0 amide bonds. The molecule has 23 heavy (non-hydrogen) atoms. The van der Waals surface area contributed by atoms with Crippen molar-refractivity contribution < 1.29 is 12.9 Å². The van der Waals surface area contributed by atoms with Crippen LogP contribution in [0.1, 0.15) is 36.2 Å². The molecule has 3 rings (SSSR count). The number of anilines is 1. The summed E-state index contributed by atoms with van der Waals surface area (Å²) in [5, 5.41) is 3.77. The minimum Gasteiger partial charge on any atom is -0.362 e. The van der Waals surface area contributed by atoms with E-state index in [0.717, 1.165) is 32.1 Å². The summed E-state index contributed by atoms with van der Waals surface area (Å²) in [5.41, 5.74) is 3.94. The highest BCUT2D eigenvalue weighted by molar-refractivity contribution is 7.89. The Labute approximate surface area is 136 Å². The molecule has 1 aliphatic heterocycles. The third-order valence-corrected chi connectivity index (χ3v) is 4.78. The van der Waals surface area contributed by atoms with Crippen LogP contribution in [0.4, 0.5) is 5.69 Å². The zero-order valence-corrected chi connectivity index (χ0v) is 14.3. The first-order valence-corrected chi connectivity index (χ1v) is 9.87. The number of rotatable bonds is 5. The molecule has 0 atom stereocenters. The van der Waals surface area contributed by atoms with E-state index in [9.17, 15) is 8.42 Å². The smallest absolute Gasteiger partial charge is 0.246 e. The van der Waals surface area contributed by atoms with E-state index in [1.54, 1.807) is 0 Å². The van der Waals surface area contributed by atoms with Crippen molar-refractivity contribution in [2.24, 2.45) is 0 Å². The summed E-state index contributed by atoms with van der Waals surface area (Å²) in [6, 6.07) is 6.43. The van der Waals surface area contributed by atoms with Crippen molar-refractivity contribution in [2.75, 3.05) is 17.7 Å². The highest BCUT2D eigenvalue weighted by atomic mass is 32.2. The van der Waals surface area contributed by atoms with Crippen LogP contribution in [0, 0.1) is 0 Å². The van der Waals surface area contributed by atoms with Gasteiger partial charge in [-0.3, -0.25) is 0 Å². The predicted octanol–water partition coefficient (Wildman–Crippen LogP) is 2.13. The van der Waals surface area contributed by atoms with Crippen LogP contribution < -0.4 is 4.90 Å². The van der Waals surface area contributed by atoms with Crippen molar-refractivity contribution in [1.29, 1.82) is 0 Å². The van der Waals surface area contributed by atoms with E-state index in [4.69, 9.17) is 4.52 Å². The summed E-state index contributed by atoms with van der Waals surface area (Å²) >= 11 is 0. The number of para-hydroxylation sites is 1. The fourth-order valence-corrected chi connectivity index (χ4v) is 3.67. The maximum Gasteiger partial charge on any atom is 0.246 e. The van der Waals surface area contributed by atoms with E-state index in [2.05, 4.69) is 40.2 Å². The first kappa shape index (κ1) is 16.0. The maximum absolute atomic E-state index is 11.3. The summed E-state index contributed by atoms with van der Waals surface area (Å²) < 4.78 is 27.9. The van der Waals surface area contributed by atoms with Crippen molar-refractivity contribution in [3.8, 4) is 0 Å². The highest BCUT2D eigenvalue weighted by Gasteiger charge is 2.22. The molecular weight excluding hydrogens is 314 g/mol. The van der Waals surface area contributed by atoms with Crippen molar-refractivity contribution in [3.05, 3.63) is 41.0 Å². The zero-order chi connectivity index (χ0) is 16.4. The number of benzene rings is 1. The molecule has 1 aromatic carbocycles. The number of hydrogen-bond acceptors (Lipinski definition) is 6. The second kappa shape index (κ2) is 6.31. The topological polar surface area (TPSA) is 76.3 Å². The molecule has 6 nitrogen and oxygen atoms in total. The lowest BCUT2D eigenvalue weighted by atomic mass is 9.96. The van der Waals surface area contributed by atoms with Gasteiger partial charge in [-0.2, -0.15) is 4.98 Å². The largest absolute Gasteiger partial charge is 0.362 e. The first-order chi connectivity index (χ1) is 11.0. The fourth-order valence-electron chi connectivity index (χ4n) is 3.08. The third-order valence-electron chi connectivity index (χ3n) is 4.00. The lowest BCUT2D eigenvalue weighted by molar-refractivity contribution is 0.371. The van der Waals surface area contributed by atoms with Crippen LogP contribution in [0.2, 0.25) is 0 Å². The minimum atomic E-state index is -3.15. The molecule has 0 saturated carbocycles. The highest BCUT2D eigenvalue weighted by Crippen LogP contribution is 2.32. The molecule has 0 unspecified atom stereocenters. The quantitative estimate of drug-likeness (QED) is 0.833. The summed E-state index contributed by atoms with van der Waals surface area (Å²) in [7, 11) is -3.15. The van der Waals surface area contributed by atoms with Gasteiger partial charge in [0.15, 0.2) is 15.7 Å². The molecule has 7 heteroatoms. The molecule has 0 bridgehead atoms. The average Bonchev–Trinajstić information content (AvgIpc) is 2.91. The van der Waals surface area contributed by atoms with Gasteiger partial charge in [-0.1, -0.05) is 30.3 Å². The van der Waals surface area contributed by atoms with Crippen LogP contribution in [0.3, 0.4) is 0 Å². The van der Waals surface area contributed by atoms with Crippen LogP contribution in [0.15, 0.2) is 22.7 Å². The third kappa shape index (κ3) is 3.72. The number of nitrogens with zero attached hydrogens (tertiary/aromatic N) is 3. The lowest BCUT2D eigenvalue weighted by Crippen LogP contribution is -2.30. The van der Waals surface area contributed by atoms with Crippen molar-refractivity contribution in [1.82, 2.24) is 10.1 Å². The van der Waals surface area contributed by atoms with Gasteiger partial charge in [0.1, 0.15) is 5.75 Å². The van der Waals surface area contributed by atoms with Gasteiger partial charge in [-0.25, -0.2) is 8.42 Å². The molecule has 0 N–H and O–H groups in total. The number of aromatic nitrogens is 2. The molecule has 0 saturated heterocycles. The molecule has 0 fully saturated rings. The van der Waals surface area contributed by atoms with Gasteiger partial charge in [0.05, 0.1) is 6.54 Å². The van der Waals surface area contributed by atoms with Gasteiger partial charge in [0.25, 0.3) is 0 Å². The van der Waals surface area contributed by atoms with E-state index in [1.165, 1.54) is 16.8 Å². The second-order valence-corrected chi connectivity index (χ2v) is 8.12. The maximum atomic E-state index is 11.3. The fraction of sp³-hybridized carbons (Fsp3) is 0.500. The molecule has 0 radical (unpaired) electrons.